The van der Waals surface area contributed by atoms with Gasteiger partial charge >= 0.3 is 0 Å². The highest BCUT2D eigenvalue weighted by Gasteiger charge is 2.33. The molecule has 0 amide bonds. The smallest absolute Gasteiger partial charge is 0.237 e. The average molecular weight is 381 g/mol. The Bertz CT molecular complexity index is 731. The van der Waals surface area contributed by atoms with E-state index in [4.69, 9.17) is 4.74 Å². The largest absolute Gasteiger partial charge is 0.471 e. The second kappa shape index (κ2) is 9.04. The number of likely N-dealkylation sites (tertiary alicyclic amines) is 1. The standard InChI is InChI=1S/C24H34N3O/c1-5-24(12-11-20-9-7-6-8-10-20)13-17-27(18-14-24)19-21-22(26-16-15-25-21)28-23(2,3)4/h6-10,15-16H,1,5,11-14,17-19H2,2-4H3. The molecule has 4 nitrogen and oxygen atoms in total. The third kappa shape index (κ3) is 5.78. The van der Waals surface area contributed by atoms with Crippen LogP contribution in [-0.2, 0) is 13.0 Å². The molecule has 1 fully saturated rings. The van der Waals surface area contributed by atoms with Crippen LogP contribution in [0.2, 0.25) is 0 Å². The molecule has 1 radical (unpaired) electrons. The monoisotopic (exact) mass is 380 g/mol. The number of hydrogen-bond donors (Lipinski definition) is 0. The first kappa shape index (κ1) is 20.8. The normalized spacial score (nSPS) is 17.4. The minimum atomic E-state index is -0.271. The summed E-state index contributed by atoms with van der Waals surface area (Å²) >= 11 is 0. The van der Waals surface area contributed by atoms with Gasteiger partial charge in [0.15, 0.2) is 0 Å². The third-order valence-corrected chi connectivity index (χ3v) is 5.75. The lowest BCUT2D eigenvalue weighted by Crippen LogP contribution is -2.40. The summed E-state index contributed by atoms with van der Waals surface area (Å²) in [7, 11) is 0. The highest BCUT2D eigenvalue weighted by Crippen LogP contribution is 2.39. The van der Waals surface area contributed by atoms with Crippen LogP contribution >= 0.6 is 0 Å². The van der Waals surface area contributed by atoms with Crippen LogP contribution < -0.4 is 4.74 Å². The maximum absolute atomic E-state index is 6.01. The van der Waals surface area contributed by atoms with Gasteiger partial charge in [-0.3, -0.25) is 9.88 Å². The maximum Gasteiger partial charge on any atom is 0.237 e. The number of aromatic nitrogens is 2. The van der Waals surface area contributed by atoms with Crippen molar-refractivity contribution < 1.29 is 4.74 Å². The molecule has 0 spiro atoms. The molecule has 2 aromatic rings. The van der Waals surface area contributed by atoms with E-state index in [0.717, 1.165) is 38.2 Å². The van der Waals surface area contributed by atoms with Crippen molar-refractivity contribution in [3.63, 3.8) is 0 Å². The van der Waals surface area contributed by atoms with Crippen molar-refractivity contribution in [2.45, 2.75) is 65.0 Å². The summed E-state index contributed by atoms with van der Waals surface area (Å²) in [5, 5.41) is 0. The van der Waals surface area contributed by atoms with E-state index in [1.165, 1.54) is 24.8 Å². The van der Waals surface area contributed by atoms with E-state index in [-0.39, 0.29) is 5.60 Å². The van der Waals surface area contributed by atoms with Crippen molar-refractivity contribution in [1.29, 1.82) is 0 Å². The summed E-state index contributed by atoms with van der Waals surface area (Å²) in [5.74, 6) is 0.660. The van der Waals surface area contributed by atoms with Crippen LogP contribution in [0.15, 0.2) is 42.7 Å². The van der Waals surface area contributed by atoms with Gasteiger partial charge in [-0.15, -0.1) is 0 Å². The summed E-state index contributed by atoms with van der Waals surface area (Å²) in [5.41, 5.74) is 2.46. The minimum absolute atomic E-state index is 0.271. The molecule has 1 aromatic heterocycles. The number of rotatable bonds is 7. The SMILES string of the molecule is [CH2]CC1(CCc2ccccc2)CCN(Cc2nccnc2OC(C)(C)C)CC1. The molecule has 1 aliphatic heterocycles. The Morgan fingerprint density at radius 1 is 1.07 bits per heavy atom. The number of hydrogen-bond acceptors (Lipinski definition) is 4. The Hall–Kier alpha value is -1.94. The predicted octanol–water partition coefficient (Wildman–Crippen LogP) is 5.09. The molecule has 4 heteroatoms. The van der Waals surface area contributed by atoms with Gasteiger partial charge in [-0.05, 0) is 76.9 Å². The minimum Gasteiger partial charge on any atom is -0.471 e. The van der Waals surface area contributed by atoms with Gasteiger partial charge in [-0.25, -0.2) is 4.98 Å². The average Bonchev–Trinajstić information content (AvgIpc) is 2.69. The zero-order valence-corrected chi connectivity index (χ0v) is 17.7. The van der Waals surface area contributed by atoms with Crippen LogP contribution in [-0.4, -0.2) is 33.6 Å². The van der Waals surface area contributed by atoms with Crippen LogP contribution in [0.1, 0.15) is 57.7 Å². The number of piperidine rings is 1. The quantitative estimate of drug-likeness (QED) is 0.670. The van der Waals surface area contributed by atoms with Crippen molar-refractivity contribution in [3.8, 4) is 5.88 Å². The summed E-state index contributed by atoms with van der Waals surface area (Å²) in [4.78, 5) is 11.4. The van der Waals surface area contributed by atoms with E-state index in [0.29, 0.717) is 11.3 Å². The van der Waals surface area contributed by atoms with Gasteiger partial charge in [0.05, 0.1) is 0 Å². The van der Waals surface area contributed by atoms with Gasteiger partial charge in [-0.2, -0.15) is 0 Å². The second-order valence-corrected chi connectivity index (χ2v) is 9.03. The Morgan fingerprint density at radius 2 is 1.75 bits per heavy atom. The summed E-state index contributed by atoms with van der Waals surface area (Å²) in [6.07, 6.45) is 9.23. The van der Waals surface area contributed by atoms with Gasteiger partial charge < -0.3 is 4.74 Å². The first-order valence-corrected chi connectivity index (χ1v) is 10.4. The molecule has 0 aliphatic carbocycles. The molecule has 0 saturated carbocycles. The van der Waals surface area contributed by atoms with E-state index in [1.54, 1.807) is 12.4 Å². The summed E-state index contributed by atoms with van der Waals surface area (Å²) in [6.45, 7) is 13.4. The molecule has 0 N–H and O–H groups in total. The van der Waals surface area contributed by atoms with Crippen molar-refractivity contribution in [1.82, 2.24) is 14.9 Å². The molecule has 151 valence electrons. The number of aryl methyl sites for hydroxylation is 1. The molecule has 3 rings (SSSR count). The van der Waals surface area contributed by atoms with Crippen LogP contribution in [0.3, 0.4) is 0 Å². The topological polar surface area (TPSA) is 38.2 Å². The second-order valence-electron chi connectivity index (χ2n) is 9.03. The van der Waals surface area contributed by atoms with Crippen molar-refractivity contribution in [3.05, 3.63) is 60.9 Å². The van der Waals surface area contributed by atoms with E-state index in [1.807, 2.05) is 20.8 Å². The predicted molar refractivity (Wildman–Crippen MR) is 114 cm³/mol. The fraction of sp³-hybridized carbons (Fsp3) is 0.542. The Balaban J connectivity index is 1.57. The Morgan fingerprint density at radius 3 is 2.39 bits per heavy atom. The third-order valence-electron chi connectivity index (χ3n) is 5.75. The molecular weight excluding hydrogens is 346 g/mol. The van der Waals surface area contributed by atoms with Gasteiger partial charge in [-0.1, -0.05) is 37.3 Å². The molecule has 2 heterocycles. The molecule has 1 saturated heterocycles. The molecule has 28 heavy (non-hydrogen) atoms. The number of ether oxygens (including phenoxy) is 1. The fourth-order valence-corrected chi connectivity index (χ4v) is 3.91. The van der Waals surface area contributed by atoms with Gasteiger partial charge in [0.2, 0.25) is 5.88 Å². The number of nitrogens with zero attached hydrogens (tertiary/aromatic N) is 3. The summed E-state index contributed by atoms with van der Waals surface area (Å²) < 4.78 is 6.01. The first-order chi connectivity index (χ1) is 13.4. The molecule has 0 unspecified atom stereocenters. The fourth-order valence-electron chi connectivity index (χ4n) is 3.91. The highest BCUT2D eigenvalue weighted by molar-refractivity contribution is 5.18. The van der Waals surface area contributed by atoms with Crippen LogP contribution in [0, 0.1) is 12.3 Å². The van der Waals surface area contributed by atoms with Crippen molar-refractivity contribution in [2.75, 3.05) is 13.1 Å². The van der Waals surface area contributed by atoms with Gasteiger partial charge in [0.1, 0.15) is 11.3 Å². The number of benzene rings is 1. The van der Waals surface area contributed by atoms with E-state index in [2.05, 4.69) is 52.1 Å². The first-order valence-electron chi connectivity index (χ1n) is 10.4. The summed E-state index contributed by atoms with van der Waals surface area (Å²) in [6, 6.07) is 10.8. The zero-order valence-electron chi connectivity index (χ0n) is 17.7. The molecule has 0 atom stereocenters. The molecule has 1 aliphatic rings. The van der Waals surface area contributed by atoms with Crippen molar-refractivity contribution in [2.24, 2.45) is 5.41 Å². The van der Waals surface area contributed by atoms with Crippen LogP contribution in [0.25, 0.3) is 0 Å². The van der Waals surface area contributed by atoms with Crippen LogP contribution in [0.4, 0.5) is 0 Å². The van der Waals surface area contributed by atoms with Crippen LogP contribution in [0.5, 0.6) is 5.88 Å². The molecule has 1 aromatic carbocycles. The van der Waals surface area contributed by atoms with Crippen molar-refractivity contribution >= 4 is 0 Å². The van der Waals surface area contributed by atoms with Gasteiger partial charge in [0, 0.05) is 18.9 Å². The lowest BCUT2D eigenvalue weighted by atomic mass is 9.72. The Labute approximate surface area is 170 Å². The van der Waals surface area contributed by atoms with E-state index >= 15 is 0 Å². The maximum atomic E-state index is 6.01. The lowest BCUT2D eigenvalue weighted by Gasteiger charge is -2.41. The highest BCUT2D eigenvalue weighted by atomic mass is 16.5. The molecular formula is C24H34N3O. The van der Waals surface area contributed by atoms with E-state index < -0.39 is 0 Å². The molecule has 0 bridgehead atoms. The zero-order chi connectivity index (χ0) is 20.0. The Kier molecular flexibility index (Phi) is 6.71. The van der Waals surface area contributed by atoms with E-state index in [9.17, 15) is 0 Å². The lowest BCUT2D eigenvalue weighted by molar-refractivity contribution is 0.0861. The van der Waals surface area contributed by atoms with Gasteiger partial charge in [0.25, 0.3) is 0 Å².